The van der Waals surface area contributed by atoms with Crippen molar-refractivity contribution in [2.24, 2.45) is 0 Å². The molecule has 0 rings (SSSR count). The summed E-state index contributed by atoms with van der Waals surface area (Å²) in [5, 5.41) is 0. The number of hydrogen-bond acceptors (Lipinski definition) is 6. The van der Waals surface area contributed by atoms with Crippen molar-refractivity contribution in [2.45, 2.75) is 258 Å². The normalized spacial score (nSPS) is 12.5. The molecular formula is C55H96O6. The first-order valence-corrected chi connectivity index (χ1v) is 25.8. The zero-order valence-electron chi connectivity index (χ0n) is 40.2. The van der Waals surface area contributed by atoms with Gasteiger partial charge in [-0.1, -0.05) is 242 Å². The van der Waals surface area contributed by atoms with Crippen molar-refractivity contribution in [1.82, 2.24) is 0 Å². The quantitative estimate of drug-likeness (QED) is 0.0263. The van der Waals surface area contributed by atoms with Gasteiger partial charge in [0.2, 0.25) is 0 Å². The fourth-order valence-electron chi connectivity index (χ4n) is 7.20. The van der Waals surface area contributed by atoms with Gasteiger partial charge in [-0.25, -0.2) is 0 Å². The summed E-state index contributed by atoms with van der Waals surface area (Å²) in [4.78, 5) is 37.9. The highest BCUT2D eigenvalue weighted by molar-refractivity contribution is 5.71. The molecule has 0 N–H and O–H groups in total. The average molecular weight is 853 g/mol. The molecule has 0 aromatic rings. The van der Waals surface area contributed by atoms with E-state index in [1.54, 1.807) is 0 Å². The van der Waals surface area contributed by atoms with Gasteiger partial charge in [-0.3, -0.25) is 14.4 Å². The smallest absolute Gasteiger partial charge is 0.306 e. The number of allylic oxidation sites excluding steroid dienone is 10. The Balaban J connectivity index is 4.46. The molecule has 0 aliphatic heterocycles. The van der Waals surface area contributed by atoms with Crippen LogP contribution in [0.5, 0.6) is 0 Å². The third-order valence-electron chi connectivity index (χ3n) is 11.1. The van der Waals surface area contributed by atoms with Gasteiger partial charge in [0.25, 0.3) is 0 Å². The van der Waals surface area contributed by atoms with Crippen LogP contribution in [-0.4, -0.2) is 37.2 Å². The standard InChI is InChI=1S/C55H96O6/c1-4-7-10-13-16-19-22-25-27-29-30-33-36-39-42-45-48-54(57)60-51-52(50-59-53(56)47-44-41-38-35-32-24-21-18-15-12-9-6-3)61-55(58)49-46-43-40-37-34-31-28-26-23-20-17-14-11-8-5-2/h7,10,16,19,25,27,30,33,39,42,52H,4-6,8-9,11-15,17-18,20-24,26,28-29,31-32,34-38,40-41,43-51H2,1-3H3/b10-7-,19-16-,27-25-,33-30-,42-39-. The Kier molecular flexibility index (Phi) is 47.4. The summed E-state index contributed by atoms with van der Waals surface area (Å²) in [6.45, 7) is 6.47. The lowest BCUT2D eigenvalue weighted by Gasteiger charge is -2.18. The van der Waals surface area contributed by atoms with Crippen molar-refractivity contribution in [3.63, 3.8) is 0 Å². The van der Waals surface area contributed by atoms with E-state index in [0.29, 0.717) is 19.3 Å². The summed E-state index contributed by atoms with van der Waals surface area (Å²) in [7, 11) is 0. The molecule has 6 heteroatoms. The maximum atomic E-state index is 12.8. The summed E-state index contributed by atoms with van der Waals surface area (Å²) in [6, 6.07) is 0. The van der Waals surface area contributed by atoms with Crippen molar-refractivity contribution in [3.05, 3.63) is 60.8 Å². The van der Waals surface area contributed by atoms with Crippen LogP contribution in [0.1, 0.15) is 252 Å². The highest BCUT2D eigenvalue weighted by atomic mass is 16.6. The summed E-state index contributed by atoms with van der Waals surface area (Å²) in [5.41, 5.74) is 0. The molecule has 0 fully saturated rings. The molecule has 1 unspecified atom stereocenters. The third-order valence-corrected chi connectivity index (χ3v) is 11.1. The SMILES string of the molecule is CC/C=C\C/C=C\C/C=C\C/C=C\C/C=C\CCC(=O)OCC(COC(=O)CCCCCCCCCCCCCC)OC(=O)CCCCCCCCCCCCCCCCC. The first-order chi connectivity index (χ1) is 30.0. The molecule has 0 aliphatic carbocycles. The molecule has 0 aliphatic rings. The fraction of sp³-hybridized carbons (Fsp3) is 0.764. The molecule has 0 aromatic heterocycles. The number of carbonyl (C=O) groups is 3. The van der Waals surface area contributed by atoms with Gasteiger partial charge in [-0.15, -0.1) is 0 Å². The number of carbonyl (C=O) groups excluding carboxylic acids is 3. The molecule has 1 atom stereocenters. The van der Waals surface area contributed by atoms with Crippen molar-refractivity contribution in [3.8, 4) is 0 Å². The monoisotopic (exact) mass is 853 g/mol. The van der Waals surface area contributed by atoms with Crippen LogP contribution in [0.15, 0.2) is 60.8 Å². The lowest BCUT2D eigenvalue weighted by Crippen LogP contribution is -2.30. The predicted molar refractivity (Wildman–Crippen MR) is 261 cm³/mol. The van der Waals surface area contributed by atoms with Crippen LogP contribution in [0, 0.1) is 0 Å². The van der Waals surface area contributed by atoms with Gasteiger partial charge in [0, 0.05) is 19.3 Å². The van der Waals surface area contributed by atoms with Crippen LogP contribution >= 0.6 is 0 Å². The molecule has 0 radical (unpaired) electrons. The minimum atomic E-state index is -0.799. The van der Waals surface area contributed by atoms with E-state index in [1.807, 2.05) is 6.08 Å². The number of hydrogen-bond donors (Lipinski definition) is 0. The van der Waals surface area contributed by atoms with Crippen molar-refractivity contribution < 1.29 is 28.6 Å². The molecule has 6 nitrogen and oxygen atoms in total. The lowest BCUT2D eigenvalue weighted by molar-refractivity contribution is -0.166. The van der Waals surface area contributed by atoms with Gasteiger partial charge >= 0.3 is 17.9 Å². The maximum Gasteiger partial charge on any atom is 0.306 e. The Morgan fingerprint density at radius 2 is 0.639 bits per heavy atom. The molecular weight excluding hydrogens is 757 g/mol. The molecule has 0 spiro atoms. The van der Waals surface area contributed by atoms with E-state index in [2.05, 4.69) is 75.5 Å². The molecule has 0 heterocycles. The molecule has 0 amide bonds. The topological polar surface area (TPSA) is 78.9 Å². The van der Waals surface area contributed by atoms with Crippen molar-refractivity contribution >= 4 is 17.9 Å². The highest BCUT2D eigenvalue weighted by Gasteiger charge is 2.19. The van der Waals surface area contributed by atoms with Crippen molar-refractivity contribution in [1.29, 1.82) is 0 Å². The van der Waals surface area contributed by atoms with Crippen LogP contribution in [-0.2, 0) is 28.6 Å². The van der Waals surface area contributed by atoms with Gasteiger partial charge in [0.15, 0.2) is 6.10 Å². The molecule has 352 valence electrons. The lowest BCUT2D eigenvalue weighted by atomic mass is 10.0. The molecule has 0 bridgehead atoms. The van der Waals surface area contributed by atoms with Crippen LogP contribution < -0.4 is 0 Å². The van der Waals surface area contributed by atoms with Crippen LogP contribution in [0.2, 0.25) is 0 Å². The van der Waals surface area contributed by atoms with Gasteiger partial charge in [0.05, 0.1) is 0 Å². The van der Waals surface area contributed by atoms with Gasteiger partial charge in [-0.05, 0) is 51.4 Å². The van der Waals surface area contributed by atoms with E-state index in [9.17, 15) is 14.4 Å². The second-order valence-corrected chi connectivity index (χ2v) is 17.1. The van der Waals surface area contributed by atoms with E-state index < -0.39 is 6.10 Å². The summed E-state index contributed by atoms with van der Waals surface area (Å²) < 4.78 is 16.7. The van der Waals surface area contributed by atoms with E-state index in [0.717, 1.165) is 70.6 Å². The Morgan fingerprint density at radius 1 is 0.344 bits per heavy atom. The van der Waals surface area contributed by atoms with Gasteiger partial charge in [-0.2, -0.15) is 0 Å². The predicted octanol–water partition coefficient (Wildman–Crippen LogP) is 16.9. The Hall–Kier alpha value is -2.89. The van der Waals surface area contributed by atoms with Crippen molar-refractivity contribution in [2.75, 3.05) is 13.2 Å². The van der Waals surface area contributed by atoms with E-state index in [-0.39, 0.29) is 37.5 Å². The fourth-order valence-corrected chi connectivity index (χ4v) is 7.20. The van der Waals surface area contributed by atoms with Gasteiger partial charge < -0.3 is 14.2 Å². The van der Waals surface area contributed by atoms with Crippen LogP contribution in [0.4, 0.5) is 0 Å². The number of rotatable bonds is 46. The van der Waals surface area contributed by atoms with Gasteiger partial charge in [0.1, 0.15) is 13.2 Å². The van der Waals surface area contributed by atoms with Crippen LogP contribution in [0.3, 0.4) is 0 Å². The number of ether oxygens (including phenoxy) is 3. The Labute approximate surface area is 377 Å². The second kappa shape index (κ2) is 49.8. The third kappa shape index (κ3) is 48.0. The summed E-state index contributed by atoms with van der Waals surface area (Å²) >= 11 is 0. The first-order valence-electron chi connectivity index (χ1n) is 25.8. The molecule has 0 saturated carbocycles. The minimum Gasteiger partial charge on any atom is -0.462 e. The molecule has 0 saturated heterocycles. The Bertz CT molecular complexity index is 1120. The van der Waals surface area contributed by atoms with E-state index in [4.69, 9.17) is 14.2 Å². The van der Waals surface area contributed by atoms with Crippen LogP contribution in [0.25, 0.3) is 0 Å². The summed E-state index contributed by atoms with van der Waals surface area (Å²) in [6.07, 6.45) is 60.7. The number of unbranched alkanes of at least 4 members (excludes halogenated alkanes) is 25. The zero-order chi connectivity index (χ0) is 44.4. The van der Waals surface area contributed by atoms with E-state index >= 15 is 0 Å². The first kappa shape index (κ1) is 58.1. The van der Waals surface area contributed by atoms with E-state index in [1.165, 1.54) is 135 Å². The highest BCUT2D eigenvalue weighted by Crippen LogP contribution is 2.16. The number of esters is 3. The Morgan fingerprint density at radius 3 is 1.00 bits per heavy atom. The second-order valence-electron chi connectivity index (χ2n) is 17.1. The minimum absolute atomic E-state index is 0.0935. The average Bonchev–Trinajstić information content (AvgIpc) is 3.26. The largest absolute Gasteiger partial charge is 0.462 e. The zero-order valence-corrected chi connectivity index (χ0v) is 40.2. The maximum absolute atomic E-state index is 12.8. The molecule has 61 heavy (non-hydrogen) atoms. The molecule has 0 aromatic carbocycles. The summed E-state index contributed by atoms with van der Waals surface area (Å²) in [5.74, 6) is -0.973.